The molecule has 0 aliphatic rings. The van der Waals surface area contributed by atoms with Gasteiger partial charge in [0.05, 0.1) is 0 Å². The number of allylic oxidation sites excluding steroid dienone is 1. The number of halogens is 2. The van der Waals surface area contributed by atoms with E-state index in [9.17, 15) is 14.3 Å². The van der Waals surface area contributed by atoms with Crippen LogP contribution in [0.3, 0.4) is 0 Å². The van der Waals surface area contributed by atoms with Crippen molar-refractivity contribution in [2.24, 2.45) is 5.16 Å². The van der Waals surface area contributed by atoms with Crippen LogP contribution in [-0.4, -0.2) is 55.0 Å². The van der Waals surface area contributed by atoms with E-state index in [1.165, 1.54) is 6.07 Å². The number of ether oxygens (including phenoxy) is 1. The largest absolute Gasteiger partial charge is 0.479 e. The van der Waals surface area contributed by atoms with Crippen LogP contribution in [0.25, 0.3) is 17.2 Å². The molecule has 6 nitrogen and oxygen atoms in total. The van der Waals surface area contributed by atoms with Crippen molar-refractivity contribution in [2.75, 3.05) is 27.2 Å². The summed E-state index contributed by atoms with van der Waals surface area (Å²) < 4.78 is 20.3. The molecule has 4 aromatic carbocycles. The van der Waals surface area contributed by atoms with E-state index in [1.54, 1.807) is 54.6 Å². The summed E-state index contributed by atoms with van der Waals surface area (Å²) in [5.41, 5.74) is 4.62. The van der Waals surface area contributed by atoms with Gasteiger partial charge >= 0.3 is 5.97 Å². The quantitative estimate of drug-likeness (QED) is 0.0916. The minimum Gasteiger partial charge on any atom is -0.479 e. The molecule has 0 spiro atoms. The number of nitrogens with zero attached hydrogens (tertiary/aromatic N) is 2. The summed E-state index contributed by atoms with van der Waals surface area (Å²) in [6.45, 7) is 1.04. The maximum absolute atomic E-state index is 14.5. The van der Waals surface area contributed by atoms with E-state index in [-0.39, 0.29) is 0 Å². The Hall–Kier alpha value is -4.46. The Morgan fingerprint density at radius 2 is 1.60 bits per heavy atom. The van der Waals surface area contributed by atoms with Crippen molar-refractivity contribution < 1.29 is 23.9 Å². The van der Waals surface area contributed by atoms with Crippen LogP contribution in [0.5, 0.6) is 5.75 Å². The number of carboxylic acids is 1. The van der Waals surface area contributed by atoms with Gasteiger partial charge in [-0.15, -0.1) is 0 Å². The van der Waals surface area contributed by atoms with Crippen LogP contribution in [0.1, 0.15) is 23.1 Å². The monoisotopic (exact) mass is 600 g/mol. The van der Waals surface area contributed by atoms with Gasteiger partial charge in [0.1, 0.15) is 23.9 Å². The highest BCUT2D eigenvalue weighted by Gasteiger charge is 2.19. The van der Waals surface area contributed by atoms with Crippen LogP contribution in [0.15, 0.2) is 108 Å². The second-order valence-corrected chi connectivity index (χ2v) is 10.6. The fourth-order valence-electron chi connectivity index (χ4n) is 4.21. The van der Waals surface area contributed by atoms with Crippen molar-refractivity contribution in [1.29, 1.82) is 0 Å². The molecule has 0 saturated carbocycles. The molecular weight excluding hydrogens is 567 g/mol. The van der Waals surface area contributed by atoms with Crippen molar-refractivity contribution in [3.8, 4) is 16.9 Å². The lowest BCUT2D eigenvalue weighted by molar-refractivity contribution is -0.145. The van der Waals surface area contributed by atoms with Gasteiger partial charge in [-0.2, -0.15) is 0 Å². The van der Waals surface area contributed by atoms with Gasteiger partial charge in [-0.1, -0.05) is 83.5 Å². The smallest absolute Gasteiger partial charge is 0.344 e. The van der Waals surface area contributed by atoms with E-state index in [0.717, 1.165) is 22.3 Å². The number of carboxylic acid groups (broad SMARTS) is 1. The van der Waals surface area contributed by atoms with Crippen molar-refractivity contribution >= 4 is 29.4 Å². The zero-order valence-corrected chi connectivity index (χ0v) is 24.9. The van der Waals surface area contributed by atoms with Gasteiger partial charge < -0.3 is 19.6 Å². The molecule has 0 amide bonds. The van der Waals surface area contributed by atoms with Gasteiger partial charge in [0.25, 0.3) is 0 Å². The molecule has 1 unspecified atom stereocenters. The number of aliphatic carboxylic acids is 1. The summed E-state index contributed by atoms with van der Waals surface area (Å²) in [5, 5.41) is 14.6. The second kappa shape index (κ2) is 15.7. The fourth-order valence-corrected chi connectivity index (χ4v) is 4.34. The normalized spacial score (nSPS) is 12.4. The topological polar surface area (TPSA) is 71.4 Å². The first-order chi connectivity index (χ1) is 20.8. The summed E-state index contributed by atoms with van der Waals surface area (Å²) in [7, 11) is 3.86. The SMILES string of the molecule is CN(C)CCON=C(C=Cc1ccc(OC(CCc2ccc(-c3ccc(Cl)cc3)cc2)C(=O)O)cc1)c1ccccc1F. The van der Waals surface area contributed by atoms with Crippen molar-refractivity contribution in [3.05, 3.63) is 131 Å². The lowest BCUT2D eigenvalue weighted by Gasteiger charge is -2.15. The molecule has 0 aliphatic carbocycles. The number of rotatable bonds is 14. The molecule has 8 heteroatoms. The van der Waals surface area contributed by atoms with Crippen molar-refractivity contribution in [1.82, 2.24) is 4.90 Å². The second-order valence-electron chi connectivity index (χ2n) is 10.2. The van der Waals surface area contributed by atoms with Gasteiger partial charge in [-0.3, -0.25) is 0 Å². The molecule has 0 bridgehead atoms. The van der Waals surface area contributed by atoms with Crippen LogP contribution < -0.4 is 4.74 Å². The number of benzene rings is 4. The van der Waals surface area contributed by atoms with E-state index in [0.29, 0.717) is 48.0 Å². The van der Waals surface area contributed by atoms with E-state index < -0.39 is 17.9 Å². The zero-order valence-electron chi connectivity index (χ0n) is 24.1. The maximum atomic E-state index is 14.5. The summed E-state index contributed by atoms with van der Waals surface area (Å²) >= 11 is 5.98. The van der Waals surface area contributed by atoms with Gasteiger partial charge in [-0.05, 0) is 91.7 Å². The Balaban J connectivity index is 1.37. The predicted molar refractivity (Wildman–Crippen MR) is 170 cm³/mol. The van der Waals surface area contributed by atoms with Gasteiger partial charge in [0.2, 0.25) is 0 Å². The van der Waals surface area contributed by atoms with E-state index in [2.05, 4.69) is 5.16 Å². The molecule has 0 radical (unpaired) electrons. The summed E-state index contributed by atoms with van der Waals surface area (Å²) in [6, 6.07) is 29.0. The van der Waals surface area contributed by atoms with Crippen LogP contribution in [-0.2, 0) is 16.1 Å². The Morgan fingerprint density at radius 3 is 2.23 bits per heavy atom. The molecule has 43 heavy (non-hydrogen) atoms. The average Bonchev–Trinajstić information content (AvgIpc) is 3.00. The molecule has 222 valence electrons. The molecule has 0 fully saturated rings. The third-order valence-corrected chi connectivity index (χ3v) is 6.89. The molecule has 0 saturated heterocycles. The number of oxime groups is 1. The Labute approximate surface area is 256 Å². The molecule has 1 atom stereocenters. The molecule has 0 heterocycles. The highest BCUT2D eigenvalue weighted by atomic mass is 35.5. The minimum absolute atomic E-state index is 0.313. The highest BCUT2D eigenvalue weighted by molar-refractivity contribution is 6.30. The lowest BCUT2D eigenvalue weighted by atomic mass is 10.0. The average molecular weight is 601 g/mol. The van der Waals surface area contributed by atoms with E-state index >= 15 is 0 Å². The maximum Gasteiger partial charge on any atom is 0.344 e. The number of hydrogen-bond acceptors (Lipinski definition) is 5. The number of aryl methyl sites for hydroxylation is 1. The van der Waals surface area contributed by atoms with Crippen molar-refractivity contribution in [3.63, 3.8) is 0 Å². The Bertz CT molecular complexity index is 1540. The number of hydrogen-bond donors (Lipinski definition) is 1. The Kier molecular flexibility index (Phi) is 11.5. The predicted octanol–water partition coefficient (Wildman–Crippen LogP) is 7.61. The zero-order chi connectivity index (χ0) is 30.6. The summed E-state index contributed by atoms with van der Waals surface area (Å²) in [4.78, 5) is 19.3. The molecule has 1 N–H and O–H groups in total. The molecular formula is C35H34ClFN2O4. The number of likely N-dealkylation sites (N-methyl/N-ethyl adjacent to an activating group) is 1. The molecule has 0 aromatic heterocycles. The number of carbonyl (C=O) groups is 1. The van der Waals surface area contributed by atoms with E-state index in [1.807, 2.05) is 67.5 Å². The fraction of sp³-hybridized carbons (Fsp3) is 0.200. The van der Waals surface area contributed by atoms with Crippen LogP contribution in [0, 0.1) is 5.82 Å². The van der Waals surface area contributed by atoms with Crippen LogP contribution >= 0.6 is 11.6 Å². The highest BCUT2D eigenvalue weighted by Crippen LogP contribution is 2.23. The van der Waals surface area contributed by atoms with E-state index in [4.69, 9.17) is 21.2 Å². The van der Waals surface area contributed by atoms with Crippen LogP contribution in [0.4, 0.5) is 4.39 Å². The third-order valence-electron chi connectivity index (χ3n) is 6.64. The van der Waals surface area contributed by atoms with Gasteiger partial charge in [0.15, 0.2) is 6.10 Å². The van der Waals surface area contributed by atoms with Crippen molar-refractivity contribution in [2.45, 2.75) is 18.9 Å². The lowest BCUT2D eigenvalue weighted by Crippen LogP contribution is -2.27. The first kappa shape index (κ1) is 31.5. The van der Waals surface area contributed by atoms with Crippen LogP contribution in [0.2, 0.25) is 5.02 Å². The molecule has 0 aliphatic heterocycles. The molecule has 4 rings (SSSR count). The first-order valence-corrected chi connectivity index (χ1v) is 14.3. The molecule has 4 aromatic rings. The first-order valence-electron chi connectivity index (χ1n) is 13.9. The van der Waals surface area contributed by atoms with Gasteiger partial charge in [-0.25, -0.2) is 9.18 Å². The van der Waals surface area contributed by atoms with Gasteiger partial charge in [0, 0.05) is 17.1 Å². The standard InChI is InChI=1S/C35H34ClFN2O4/c1-39(2)23-24-42-38-33(31-5-3-4-6-32(31)37)21-11-26-9-19-30(20-10-26)43-34(35(40)41)22-12-25-7-13-27(14-8-25)28-15-17-29(36)18-16-28/h3-11,13-21,34H,12,22-24H2,1-2H3,(H,40,41). The Morgan fingerprint density at radius 1 is 0.953 bits per heavy atom. The summed E-state index contributed by atoms with van der Waals surface area (Å²) in [6.07, 6.45) is 3.33. The minimum atomic E-state index is -1.03. The summed E-state index contributed by atoms with van der Waals surface area (Å²) in [5.74, 6) is -0.984. The third kappa shape index (κ3) is 9.81.